The molecule has 1 aliphatic carbocycles. The lowest BCUT2D eigenvalue weighted by Crippen LogP contribution is -2.25. The first-order valence-corrected chi connectivity index (χ1v) is 10.5. The van der Waals surface area contributed by atoms with Crippen LogP contribution in [0, 0.1) is 11.8 Å². The van der Waals surface area contributed by atoms with Gasteiger partial charge in [0.2, 0.25) is 0 Å². The van der Waals surface area contributed by atoms with Gasteiger partial charge >= 0.3 is 5.97 Å². The molecular formula is C24H29NO3. The predicted molar refractivity (Wildman–Crippen MR) is 111 cm³/mol. The van der Waals surface area contributed by atoms with Crippen LogP contribution in [0.5, 0.6) is 5.75 Å². The fourth-order valence-electron chi connectivity index (χ4n) is 4.23. The molecule has 2 aromatic carbocycles. The normalized spacial score (nSPS) is 24.4. The third-order valence-electron chi connectivity index (χ3n) is 6.07. The van der Waals surface area contributed by atoms with Gasteiger partial charge in [-0.1, -0.05) is 30.3 Å². The molecule has 1 saturated heterocycles. The van der Waals surface area contributed by atoms with Crippen molar-refractivity contribution in [2.75, 3.05) is 18.0 Å². The van der Waals surface area contributed by atoms with Crippen molar-refractivity contribution >= 4 is 11.7 Å². The molecule has 0 spiro atoms. The predicted octanol–water partition coefficient (Wildman–Crippen LogP) is 4.78. The zero-order valence-corrected chi connectivity index (χ0v) is 16.3. The number of carboxylic acid groups (broad SMARTS) is 1. The average molecular weight is 380 g/mol. The van der Waals surface area contributed by atoms with Crippen LogP contribution in [-0.2, 0) is 11.2 Å². The molecule has 1 heterocycles. The second-order valence-electron chi connectivity index (χ2n) is 8.12. The minimum atomic E-state index is -0.629. The molecule has 1 aliphatic heterocycles. The van der Waals surface area contributed by atoms with Gasteiger partial charge in [-0.3, -0.25) is 4.79 Å². The molecule has 3 atom stereocenters. The smallest absolute Gasteiger partial charge is 0.306 e. The second kappa shape index (κ2) is 8.68. The molecule has 4 nitrogen and oxygen atoms in total. The number of aryl methyl sites for hydroxylation is 1. The van der Waals surface area contributed by atoms with Gasteiger partial charge in [0.25, 0.3) is 0 Å². The highest BCUT2D eigenvalue weighted by atomic mass is 16.5. The molecule has 2 aliphatic rings. The molecular weight excluding hydrogens is 350 g/mol. The topological polar surface area (TPSA) is 49.8 Å². The maximum absolute atomic E-state index is 10.9. The number of hydrogen-bond acceptors (Lipinski definition) is 3. The average Bonchev–Trinajstić information content (AvgIpc) is 3.52. The number of para-hydroxylation sites is 1. The van der Waals surface area contributed by atoms with Gasteiger partial charge in [0.1, 0.15) is 11.9 Å². The molecule has 1 unspecified atom stereocenters. The van der Waals surface area contributed by atoms with E-state index in [0.717, 1.165) is 57.4 Å². The number of carbonyl (C=O) groups is 1. The van der Waals surface area contributed by atoms with Crippen LogP contribution in [-0.4, -0.2) is 30.3 Å². The Kier molecular flexibility index (Phi) is 5.84. The Hall–Kier alpha value is -2.49. The zero-order chi connectivity index (χ0) is 19.3. The molecule has 0 amide bonds. The van der Waals surface area contributed by atoms with E-state index in [-0.39, 0.29) is 12.0 Å². The van der Waals surface area contributed by atoms with Crippen LogP contribution in [0.3, 0.4) is 0 Å². The Bertz CT molecular complexity index is 774. The van der Waals surface area contributed by atoms with E-state index in [1.807, 2.05) is 30.3 Å². The molecule has 148 valence electrons. The lowest BCUT2D eigenvalue weighted by Gasteiger charge is -2.23. The van der Waals surface area contributed by atoms with Crippen molar-refractivity contribution in [3.63, 3.8) is 0 Å². The van der Waals surface area contributed by atoms with Crippen molar-refractivity contribution in [3.8, 4) is 5.75 Å². The Balaban J connectivity index is 1.26. The summed E-state index contributed by atoms with van der Waals surface area (Å²) >= 11 is 0. The third kappa shape index (κ3) is 4.86. The number of rotatable bonds is 7. The molecule has 1 saturated carbocycles. The molecule has 4 heteroatoms. The van der Waals surface area contributed by atoms with Crippen molar-refractivity contribution in [1.82, 2.24) is 0 Å². The van der Waals surface area contributed by atoms with Gasteiger partial charge in [0.05, 0.1) is 5.92 Å². The van der Waals surface area contributed by atoms with Gasteiger partial charge in [0, 0.05) is 25.2 Å². The van der Waals surface area contributed by atoms with Crippen LogP contribution >= 0.6 is 0 Å². The van der Waals surface area contributed by atoms with E-state index in [4.69, 9.17) is 9.84 Å². The van der Waals surface area contributed by atoms with Crippen molar-refractivity contribution in [2.45, 2.75) is 44.6 Å². The van der Waals surface area contributed by atoms with Gasteiger partial charge in [-0.15, -0.1) is 0 Å². The van der Waals surface area contributed by atoms with E-state index in [1.54, 1.807) is 0 Å². The van der Waals surface area contributed by atoms with E-state index in [0.29, 0.717) is 5.92 Å². The quantitative estimate of drug-likeness (QED) is 0.752. The van der Waals surface area contributed by atoms with Crippen LogP contribution in [0.15, 0.2) is 54.6 Å². The van der Waals surface area contributed by atoms with Crippen LogP contribution in [0.2, 0.25) is 0 Å². The van der Waals surface area contributed by atoms with Gasteiger partial charge in [0.15, 0.2) is 0 Å². The summed E-state index contributed by atoms with van der Waals surface area (Å²) in [6.45, 7) is 2.08. The standard InChI is InChI=1S/C24H29NO3/c26-24(27)23-17-19(23)11-8-18-9-12-20(13-10-18)25-15-4-7-22(14-16-25)28-21-5-2-1-3-6-21/h1-3,5-6,9-10,12-13,19,22-23H,4,7-8,11,14-17H2,(H,26,27)/t19-,22?,23-/m1/s1. The number of benzene rings is 2. The first-order valence-electron chi connectivity index (χ1n) is 10.5. The summed E-state index contributed by atoms with van der Waals surface area (Å²) in [6, 6.07) is 19.0. The molecule has 0 bridgehead atoms. The van der Waals surface area contributed by atoms with Crippen LogP contribution in [0.25, 0.3) is 0 Å². The summed E-state index contributed by atoms with van der Waals surface area (Å²) < 4.78 is 6.16. The molecule has 1 N–H and O–H groups in total. The lowest BCUT2D eigenvalue weighted by atomic mass is 10.1. The molecule has 0 radical (unpaired) electrons. The van der Waals surface area contributed by atoms with E-state index in [2.05, 4.69) is 29.2 Å². The molecule has 4 rings (SSSR count). The number of ether oxygens (including phenoxy) is 1. The van der Waals surface area contributed by atoms with Gasteiger partial charge in [-0.05, 0) is 67.9 Å². The van der Waals surface area contributed by atoms with Gasteiger partial charge < -0.3 is 14.7 Å². The first kappa shape index (κ1) is 18.9. The Morgan fingerprint density at radius 3 is 2.54 bits per heavy atom. The van der Waals surface area contributed by atoms with E-state index in [1.165, 1.54) is 11.3 Å². The first-order chi connectivity index (χ1) is 13.7. The molecule has 2 aromatic rings. The molecule has 2 fully saturated rings. The number of anilines is 1. The SMILES string of the molecule is O=C(O)[C@@H]1C[C@H]1CCc1ccc(N2CCCC(Oc3ccccc3)CC2)cc1. The fraction of sp³-hybridized carbons (Fsp3) is 0.458. The van der Waals surface area contributed by atoms with Crippen LogP contribution in [0.4, 0.5) is 5.69 Å². The summed E-state index contributed by atoms with van der Waals surface area (Å²) in [6.07, 6.45) is 6.36. The largest absolute Gasteiger partial charge is 0.490 e. The molecule has 0 aromatic heterocycles. The van der Waals surface area contributed by atoms with Crippen LogP contribution in [0.1, 0.15) is 37.7 Å². The summed E-state index contributed by atoms with van der Waals surface area (Å²) in [5.41, 5.74) is 2.58. The van der Waals surface area contributed by atoms with Crippen molar-refractivity contribution in [2.24, 2.45) is 11.8 Å². The summed E-state index contributed by atoms with van der Waals surface area (Å²) in [7, 11) is 0. The van der Waals surface area contributed by atoms with E-state index >= 15 is 0 Å². The highest BCUT2D eigenvalue weighted by Gasteiger charge is 2.42. The maximum Gasteiger partial charge on any atom is 0.306 e. The van der Waals surface area contributed by atoms with Gasteiger partial charge in [-0.2, -0.15) is 0 Å². The van der Waals surface area contributed by atoms with Crippen molar-refractivity contribution in [1.29, 1.82) is 0 Å². The summed E-state index contributed by atoms with van der Waals surface area (Å²) in [4.78, 5) is 13.4. The number of nitrogens with zero attached hydrogens (tertiary/aromatic N) is 1. The second-order valence-corrected chi connectivity index (χ2v) is 8.12. The summed E-state index contributed by atoms with van der Waals surface area (Å²) in [5, 5.41) is 9.01. The molecule has 28 heavy (non-hydrogen) atoms. The van der Waals surface area contributed by atoms with Crippen molar-refractivity contribution < 1.29 is 14.6 Å². The Labute approximate surface area is 167 Å². The van der Waals surface area contributed by atoms with Gasteiger partial charge in [-0.25, -0.2) is 0 Å². The maximum atomic E-state index is 10.9. The van der Waals surface area contributed by atoms with E-state index < -0.39 is 5.97 Å². The minimum Gasteiger partial charge on any atom is -0.490 e. The summed E-state index contributed by atoms with van der Waals surface area (Å²) in [5.74, 6) is 0.619. The van der Waals surface area contributed by atoms with E-state index in [9.17, 15) is 4.79 Å². The lowest BCUT2D eigenvalue weighted by molar-refractivity contribution is -0.138. The highest BCUT2D eigenvalue weighted by molar-refractivity contribution is 5.73. The number of aliphatic carboxylic acids is 1. The highest BCUT2D eigenvalue weighted by Crippen LogP contribution is 2.42. The van der Waals surface area contributed by atoms with Crippen LogP contribution < -0.4 is 9.64 Å². The number of carboxylic acids is 1. The Morgan fingerprint density at radius 1 is 1.04 bits per heavy atom. The van der Waals surface area contributed by atoms with Crippen molar-refractivity contribution in [3.05, 3.63) is 60.2 Å². The zero-order valence-electron chi connectivity index (χ0n) is 16.3. The monoisotopic (exact) mass is 379 g/mol. The minimum absolute atomic E-state index is 0.0950. The Morgan fingerprint density at radius 2 is 1.82 bits per heavy atom. The fourth-order valence-corrected chi connectivity index (χ4v) is 4.23. The third-order valence-corrected chi connectivity index (χ3v) is 6.07. The number of hydrogen-bond donors (Lipinski definition) is 1.